The van der Waals surface area contributed by atoms with E-state index in [1.165, 1.54) is 47.8 Å². The van der Waals surface area contributed by atoms with Gasteiger partial charge in [-0.05, 0) is 96.8 Å². The normalized spacial score (nSPS) is 17.3. The molecule has 2 atom stereocenters. The number of nitrogens with zero attached hydrogens (tertiary/aromatic N) is 2. The first-order valence-electron chi connectivity index (χ1n) is 16.1. The zero-order valence-electron chi connectivity index (χ0n) is 27.8. The van der Waals surface area contributed by atoms with Crippen molar-refractivity contribution in [1.82, 2.24) is 0 Å². The van der Waals surface area contributed by atoms with E-state index in [-0.39, 0.29) is 60.6 Å². The van der Waals surface area contributed by atoms with Gasteiger partial charge in [-0.15, -0.1) is 23.5 Å². The third kappa shape index (κ3) is 8.27. The molecule has 2 saturated heterocycles. The van der Waals surface area contributed by atoms with Crippen LogP contribution in [0.25, 0.3) is 0 Å². The molecule has 13 heteroatoms. The number of rotatable bonds is 12. The zero-order valence-corrected chi connectivity index (χ0v) is 29.4. The second kappa shape index (κ2) is 16.1. The first kappa shape index (κ1) is 36.1. The minimum absolute atomic E-state index is 0.0193. The van der Waals surface area contributed by atoms with E-state index in [4.69, 9.17) is 14.2 Å². The van der Waals surface area contributed by atoms with Crippen LogP contribution in [-0.4, -0.2) is 61.7 Å². The molecule has 264 valence electrons. The largest absolute Gasteiger partial charge is 0.460 e. The summed E-state index contributed by atoms with van der Waals surface area (Å²) in [5, 5.41) is -0.602. The maximum Gasteiger partial charge on any atom is 0.338 e. The van der Waals surface area contributed by atoms with E-state index in [1.807, 2.05) is 13.8 Å². The van der Waals surface area contributed by atoms with Gasteiger partial charge in [-0.25, -0.2) is 18.4 Å². The number of amides is 2. The minimum Gasteiger partial charge on any atom is -0.460 e. The molecule has 0 aliphatic carbocycles. The van der Waals surface area contributed by atoms with Gasteiger partial charge in [0.25, 0.3) is 0 Å². The predicted molar refractivity (Wildman–Crippen MR) is 192 cm³/mol. The Balaban J connectivity index is 0.940. The summed E-state index contributed by atoms with van der Waals surface area (Å²) in [4.78, 5) is 54.3. The van der Waals surface area contributed by atoms with Crippen LogP contribution in [0.2, 0.25) is 0 Å². The Labute approximate surface area is 302 Å². The Morgan fingerprint density at radius 3 is 1.39 bits per heavy atom. The van der Waals surface area contributed by atoms with Crippen LogP contribution in [0.4, 0.5) is 20.2 Å². The second-order valence-electron chi connectivity index (χ2n) is 11.8. The van der Waals surface area contributed by atoms with Gasteiger partial charge in [-0.1, -0.05) is 24.3 Å². The van der Waals surface area contributed by atoms with Gasteiger partial charge in [-0.3, -0.25) is 19.4 Å². The third-order valence-corrected chi connectivity index (χ3v) is 10.8. The third-order valence-electron chi connectivity index (χ3n) is 8.35. The molecule has 2 fully saturated rings. The predicted octanol–water partition coefficient (Wildman–Crippen LogP) is 7.17. The Kier molecular flexibility index (Phi) is 11.4. The van der Waals surface area contributed by atoms with Crippen molar-refractivity contribution in [3.05, 3.63) is 130 Å². The fourth-order valence-electron chi connectivity index (χ4n) is 5.88. The van der Waals surface area contributed by atoms with Gasteiger partial charge in [0.1, 0.15) is 35.6 Å². The molecule has 0 aromatic heterocycles. The molecular weight excluding hydrogens is 699 g/mol. The topological polar surface area (TPSA) is 102 Å². The lowest BCUT2D eigenvalue weighted by molar-refractivity contribution is -0.116. The van der Waals surface area contributed by atoms with E-state index in [0.29, 0.717) is 45.1 Å². The summed E-state index contributed by atoms with van der Waals surface area (Å²) in [6.07, 6.45) is 0. The molecule has 4 aromatic rings. The molecule has 9 nitrogen and oxygen atoms in total. The number of anilines is 2. The van der Waals surface area contributed by atoms with E-state index in [2.05, 4.69) is 0 Å². The van der Waals surface area contributed by atoms with Crippen molar-refractivity contribution in [2.75, 3.05) is 47.7 Å². The summed E-state index contributed by atoms with van der Waals surface area (Å²) in [7, 11) is 0. The fourth-order valence-corrected chi connectivity index (χ4v) is 8.22. The summed E-state index contributed by atoms with van der Waals surface area (Å²) < 4.78 is 43.1. The summed E-state index contributed by atoms with van der Waals surface area (Å²) in [5.74, 6) is -1.36. The molecule has 2 unspecified atom stereocenters. The van der Waals surface area contributed by atoms with Gasteiger partial charge >= 0.3 is 11.9 Å². The van der Waals surface area contributed by atoms with Crippen LogP contribution in [0, 0.1) is 25.5 Å². The SMILES string of the molecule is Cc1cc(C(=O)OCCOCCOC(=O)c2ccc(N3C(=O)CSC3c3ccc(F)cc3)c(C)c2)ccc1N1C(=O)CSC1c1ccc(F)cc1. The number of esters is 2. The summed E-state index contributed by atoms with van der Waals surface area (Å²) >= 11 is 2.91. The molecule has 2 heterocycles. The maximum absolute atomic E-state index is 13.5. The molecule has 4 aromatic carbocycles. The number of thioether (sulfide) groups is 2. The molecule has 0 bridgehead atoms. The van der Waals surface area contributed by atoms with Crippen LogP contribution in [0.3, 0.4) is 0 Å². The van der Waals surface area contributed by atoms with Gasteiger partial charge in [-0.2, -0.15) is 0 Å². The molecule has 0 radical (unpaired) electrons. The van der Waals surface area contributed by atoms with Crippen LogP contribution < -0.4 is 9.80 Å². The Bertz CT molecular complexity index is 1800. The lowest BCUT2D eigenvalue weighted by Crippen LogP contribution is -2.28. The van der Waals surface area contributed by atoms with E-state index < -0.39 is 11.9 Å². The van der Waals surface area contributed by atoms with E-state index >= 15 is 0 Å². The highest BCUT2D eigenvalue weighted by Gasteiger charge is 2.36. The van der Waals surface area contributed by atoms with Gasteiger partial charge in [0.2, 0.25) is 11.8 Å². The molecule has 0 N–H and O–H groups in total. The minimum atomic E-state index is -0.547. The lowest BCUT2D eigenvalue weighted by atomic mass is 10.1. The summed E-state index contributed by atoms with van der Waals surface area (Å²) in [6, 6.07) is 22.1. The van der Waals surface area contributed by atoms with E-state index in [9.17, 15) is 28.0 Å². The highest BCUT2D eigenvalue weighted by molar-refractivity contribution is 8.01. The smallest absolute Gasteiger partial charge is 0.338 e. The zero-order chi connectivity index (χ0) is 36.1. The monoisotopic (exact) mass is 732 g/mol. The fraction of sp³-hybridized carbons (Fsp3) is 0.263. The Morgan fingerprint density at radius 1 is 0.627 bits per heavy atom. The molecular formula is C38H34F2N2O7S2. The number of carbonyl (C=O) groups is 4. The number of carbonyl (C=O) groups excluding carboxylic acids is 4. The van der Waals surface area contributed by atoms with Crippen LogP contribution >= 0.6 is 23.5 Å². The van der Waals surface area contributed by atoms with Crippen molar-refractivity contribution in [3.63, 3.8) is 0 Å². The van der Waals surface area contributed by atoms with Gasteiger partial charge in [0.15, 0.2) is 0 Å². The van der Waals surface area contributed by atoms with Crippen LogP contribution in [-0.2, 0) is 23.8 Å². The number of ether oxygens (including phenoxy) is 3. The highest BCUT2D eigenvalue weighted by Crippen LogP contribution is 2.44. The number of benzene rings is 4. The van der Waals surface area contributed by atoms with Crippen molar-refractivity contribution < 1.29 is 42.2 Å². The van der Waals surface area contributed by atoms with E-state index in [0.717, 1.165) is 11.1 Å². The Morgan fingerprint density at radius 2 is 1.02 bits per heavy atom. The van der Waals surface area contributed by atoms with Gasteiger partial charge < -0.3 is 14.2 Å². The molecule has 6 rings (SSSR count). The van der Waals surface area contributed by atoms with Gasteiger partial charge in [0, 0.05) is 11.4 Å². The summed E-state index contributed by atoms with van der Waals surface area (Å²) in [6.45, 7) is 3.75. The molecule has 2 aliphatic heterocycles. The van der Waals surface area contributed by atoms with Crippen LogP contribution in [0.5, 0.6) is 0 Å². The van der Waals surface area contributed by atoms with Crippen molar-refractivity contribution in [3.8, 4) is 0 Å². The molecule has 2 amide bonds. The highest BCUT2D eigenvalue weighted by atomic mass is 32.2. The number of hydrogen-bond acceptors (Lipinski definition) is 9. The quantitative estimate of drug-likeness (QED) is 0.111. The average Bonchev–Trinajstić information content (AvgIpc) is 3.70. The Hall–Kier alpha value is -4.72. The average molecular weight is 733 g/mol. The number of hydrogen-bond donors (Lipinski definition) is 0. The number of halogens is 2. The molecule has 51 heavy (non-hydrogen) atoms. The van der Waals surface area contributed by atoms with Crippen molar-refractivity contribution >= 4 is 58.7 Å². The summed E-state index contributed by atoms with van der Waals surface area (Å²) in [5.41, 5.74) is 5.02. The molecule has 2 aliphatic rings. The standard InChI is InChI=1S/C38H34F2N2O7S2/c1-23-19-27(7-13-31(23)41-33(43)21-50-35(41)25-3-9-29(39)10-4-25)37(45)48-17-15-47-16-18-49-38(46)28-8-14-32(24(2)20-28)42-34(44)22-51-36(42)26-5-11-30(40)12-6-26/h3-14,19-20,35-36H,15-18,21-22H2,1-2H3. The van der Waals surface area contributed by atoms with Crippen LogP contribution in [0.15, 0.2) is 84.9 Å². The maximum atomic E-state index is 13.5. The van der Waals surface area contributed by atoms with Crippen molar-refractivity contribution in [2.45, 2.75) is 24.6 Å². The van der Waals surface area contributed by atoms with Crippen LogP contribution in [0.1, 0.15) is 53.7 Å². The second-order valence-corrected chi connectivity index (χ2v) is 14.0. The lowest BCUT2D eigenvalue weighted by Gasteiger charge is -2.26. The number of aryl methyl sites for hydroxylation is 2. The molecule has 0 saturated carbocycles. The van der Waals surface area contributed by atoms with Crippen molar-refractivity contribution in [1.29, 1.82) is 0 Å². The van der Waals surface area contributed by atoms with Gasteiger partial charge in [0.05, 0.1) is 35.8 Å². The first-order chi connectivity index (χ1) is 24.6. The molecule has 0 spiro atoms. The van der Waals surface area contributed by atoms with E-state index in [1.54, 1.807) is 70.5 Å². The van der Waals surface area contributed by atoms with Crippen molar-refractivity contribution in [2.24, 2.45) is 0 Å². The first-order valence-corrected chi connectivity index (χ1v) is 18.2.